The largest absolute Gasteiger partial charge is 0.322 e. The van der Waals surface area contributed by atoms with Crippen LogP contribution in [0.4, 0.5) is 14.5 Å². The molecule has 0 atom stereocenters. The molecule has 2 aromatic heterocycles. The smallest absolute Gasteiger partial charge is 0.248 e. The number of hydrogen-bond acceptors (Lipinski definition) is 3. The van der Waals surface area contributed by atoms with Crippen molar-refractivity contribution < 1.29 is 13.6 Å². The Hall–Kier alpha value is -2.60. The summed E-state index contributed by atoms with van der Waals surface area (Å²) in [4.78, 5) is 16.7. The predicted octanol–water partition coefficient (Wildman–Crippen LogP) is 4.23. The van der Waals surface area contributed by atoms with Gasteiger partial charge in [-0.25, -0.2) is 8.78 Å². The highest BCUT2D eigenvalue weighted by Crippen LogP contribution is 2.25. The number of aromatic nitrogens is 1. The molecule has 0 saturated heterocycles. The SMILES string of the molecule is O=C(/C=C/c1cccs1)Nc1ccnc2c(F)cc(F)cc12. The number of fused-ring (bicyclic) bond motifs is 1. The second-order valence-electron chi connectivity index (χ2n) is 4.48. The van der Waals surface area contributed by atoms with E-state index in [2.05, 4.69) is 10.3 Å². The molecule has 0 saturated carbocycles. The van der Waals surface area contributed by atoms with Gasteiger partial charge in [-0.05, 0) is 29.7 Å². The number of nitrogens with zero attached hydrogens (tertiary/aromatic N) is 1. The normalized spacial score (nSPS) is 11.2. The number of nitrogens with one attached hydrogen (secondary N) is 1. The van der Waals surface area contributed by atoms with Crippen molar-refractivity contribution in [3.8, 4) is 0 Å². The van der Waals surface area contributed by atoms with Gasteiger partial charge in [-0.1, -0.05) is 6.07 Å². The van der Waals surface area contributed by atoms with Crippen LogP contribution in [0.5, 0.6) is 0 Å². The number of carbonyl (C=O) groups is 1. The molecule has 0 spiro atoms. The second-order valence-corrected chi connectivity index (χ2v) is 5.46. The molecule has 3 aromatic rings. The van der Waals surface area contributed by atoms with Gasteiger partial charge in [0.15, 0.2) is 5.82 Å². The first kappa shape index (κ1) is 14.3. The van der Waals surface area contributed by atoms with Crippen molar-refractivity contribution in [3.63, 3.8) is 0 Å². The van der Waals surface area contributed by atoms with Crippen LogP contribution in [0, 0.1) is 11.6 Å². The lowest BCUT2D eigenvalue weighted by Gasteiger charge is -2.07. The number of benzene rings is 1. The molecule has 22 heavy (non-hydrogen) atoms. The minimum absolute atomic E-state index is 0.0152. The Morgan fingerprint density at radius 1 is 1.27 bits per heavy atom. The van der Waals surface area contributed by atoms with E-state index in [4.69, 9.17) is 0 Å². The van der Waals surface area contributed by atoms with E-state index in [1.54, 1.807) is 6.08 Å². The third kappa shape index (κ3) is 3.01. The number of carbonyl (C=O) groups excluding carboxylic acids is 1. The summed E-state index contributed by atoms with van der Waals surface area (Å²) in [5.41, 5.74) is 0.325. The van der Waals surface area contributed by atoms with Gasteiger partial charge in [-0.2, -0.15) is 0 Å². The van der Waals surface area contributed by atoms with Crippen LogP contribution in [0.2, 0.25) is 0 Å². The van der Waals surface area contributed by atoms with Gasteiger partial charge in [-0.3, -0.25) is 9.78 Å². The maximum Gasteiger partial charge on any atom is 0.248 e. The van der Waals surface area contributed by atoms with Crippen LogP contribution in [0.25, 0.3) is 17.0 Å². The minimum Gasteiger partial charge on any atom is -0.322 e. The number of pyridine rings is 1. The molecular weight excluding hydrogens is 306 g/mol. The molecule has 1 N–H and O–H groups in total. The first-order chi connectivity index (χ1) is 10.6. The number of thiophene rings is 1. The van der Waals surface area contributed by atoms with Gasteiger partial charge in [0.1, 0.15) is 11.3 Å². The van der Waals surface area contributed by atoms with E-state index >= 15 is 0 Å². The fourth-order valence-electron chi connectivity index (χ4n) is 2.01. The monoisotopic (exact) mass is 316 g/mol. The zero-order chi connectivity index (χ0) is 15.5. The molecule has 0 unspecified atom stereocenters. The summed E-state index contributed by atoms with van der Waals surface area (Å²) < 4.78 is 27.0. The molecule has 0 fully saturated rings. The Kier molecular flexibility index (Phi) is 3.93. The molecule has 3 rings (SSSR count). The van der Waals surface area contributed by atoms with E-state index < -0.39 is 11.6 Å². The fraction of sp³-hybridized carbons (Fsp3) is 0. The highest BCUT2D eigenvalue weighted by molar-refractivity contribution is 7.10. The fourth-order valence-corrected chi connectivity index (χ4v) is 2.62. The van der Waals surface area contributed by atoms with Crippen molar-refractivity contribution in [3.05, 3.63) is 64.5 Å². The Morgan fingerprint density at radius 3 is 2.91 bits per heavy atom. The lowest BCUT2D eigenvalue weighted by atomic mass is 10.1. The van der Waals surface area contributed by atoms with E-state index in [9.17, 15) is 13.6 Å². The van der Waals surface area contributed by atoms with Gasteiger partial charge in [-0.15, -0.1) is 11.3 Å². The first-order valence-corrected chi connectivity index (χ1v) is 7.28. The number of rotatable bonds is 3. The highest BCUT2D eigenvalue weighted by atomic mass is 32.1. The molecule has 6 heteroatoms. The van der Waals surface area contributed by atoms with Crippen LogP contribution in [0.1, 0.15) is 4.88 Å². The lowest BCUT2D eigenvalue weighted by Crippen LogP contribution is -2.08. The molecule has 0 aliphatic carbocycles. The van der Waals surface area contributed by atoms with Gasteiger partial charge in [0.25, 0.3) is 0 Å². The van der Waals surface area contributed by atoms with Gasteiger partial charge < -0.3 is 5.32 Å². The van der Waals surface area contributed by atoms with Crippen LogP contribution in [-0.4, -0.2) is 10.9 Å². The van der Waals surface area contributed by atoms with Gasteiger partial charge in [0, 0.05) is 28.6 Å². The Balaban J connectivity index is 1.89. The highest BCUT2D eigenvalue weighted by Gasteiger charge is 2.10. The number of hydrogen-bond donors (Lipinski definition) is 1. The first-order valence-electron chi connectivity index (χ1n) is 6.40. The minimum atomic E-state index is -0.764. The number of anilines is 1. The van der Waals surface area contributed by atoms with E-state index in [1.807, 2.05) is 17.5 Å². The zero-order valence-electron chi connectivity index (χ0n) is 11.2. The summed E-state index contributed by atoms with van der Waals surface area (Å²) in [6, 6.07) is 7.16. The zero-order valence-corrected chi connectivity index (χ0v) is 12.0. The molecule has 110 valence electrons. The van der Waals surface area contributed by atoms with Crippen LogP contribution in [-0.2, 0) is 4.79 Å². The summed E-state index contributed by atoms with van der Waals surface area (Å²) in [5.74, 6) is -1.87. The average molecular weight is 316 g/mol. The average Bonchev–Trinajstić information content (AvgIpc) is 2.99. The summed E-state index contributed by atoms with van der Waals surface area (Å²) in [7, 11) is 0. The van der Waals surface area contributed by atoms with Crippen LogP contribution >= 0.6 is 11.3 Å². The van der Waals surface area contributed by atoms with Crippen LogP contribution < -0.4 is 5.32 Å². The van der Waals surface area contributed by atoms with Crippen molar-refractivity contribution in [2.24, 2.45) is 0 Å². The van der Waals surface area contributed by atoms with Crippen molar-refractivity contribution >= 4 is 39.9 Å². The molecule has 3 nitrogen and oxygen atoms in total. The Labute approximate surface area is 128 Å². The number of halogens is 2. The third-order valence-corrected chi connectivity index (χ3v) is 3.80. The molecule has 1 amide bonds. The Bertz CT molecular complexity index is 860. The summed E-state index contributed by atoms with van der Waals surface area (Å²) in [6.07, 6.45) is 4.40. The van der Waals surface area contributed by atoms with Crippen molar-refractivity contribution in [2.75, 3.05) is 5.32 Å². The van der Waals surface area contributed by atoms with Crippen molar-refractivity contribution in [2.45, 2.75) is 0 Å². The summed E-state index contributed by atoms with van der Waals surface area (Å²) >= 11 is 1.50. The molecule has 1 aromatic carbocycles. The van der Waals surface area contributed by atoms with Crippen molar-refractivity contribution in [1.29, 1.82) is 0 Å². The quantitative estimate of drug-likeness (QED) is 0.735. The van der Waals surface area contributed by atoms with E-state index in [0.29, 0.717) is 5.69 Å². The molecule has 0 bridgehead atoms. The summed E-state index contributed by atoms with van der Waals surface area (Å²) in [5, 5.41) is 4.73. The van der Waals surface area contributed by atoms with Gasteiger partial charge in [0.05, 0.1) is 5.69 Å². The van der Waals surface area contributed by atoms with Crippen LogP contribution in [0.3, 0.4) is 0 Å². The molecule has 0 radical (unpaired) electrons. The van der Waals surface area contributed by atoms with Gasteiger partial charge in [0.2, 0.25) is 5.91 Å². The van der Waals surface area contributed by atoms with E-state index in [0.717, 1.165) is 17.0 Å². The van der Waals surface area contributed by atoms with E-state index in [1.165, 1.54) is 29.7 Å². The third-order valence-electron chi connectivity index (χ3n) is 2.96. The predicted molar refractivity (Wildman–Crippen MR) is 83.6 cm³/mol. The number of amides is 1. The maximum absolute atomic E-state index is 13.7. The molecule has 2 heterocycles. The standard InChI is InChI=1S/C16H10F2N2OS/c17-10-8-12-14(5-6-19-16(12)13(18)9-10)20-15(21)4-3-11-2-1-7-22-11/h1-9H,(H,19,20,21)/b4-3+. The molecule has 0 aliphatic rings. The molecular formula is C16H10F2N2OS. The molecule has 0 aliphatic heterocycles. The topological polar surface area (TPSA) is 42.0 Å². The summed E-state index contributed by atoms with van der Waals surface area (Å²) in [6.45, 7) is 0. The second kappa shape index (κ2) is 6.03. The van der Waals surface area contributed by atoms with Crippen LogP contribution in [0.15, 0.2) is 48.0 Å². The van der Waals surface area contributed by atoms with E-state index in [-0.39, 0.29) is 16.8 Å². The Morgan fingerprint density at radius 2 is 2.14 bits per heavy atom. The van der Waals surface area contributed by atoms with Crippen molar-refractivity contribution in [1.82, 2.24) is 4.98 Å². The maximum atomic E-state index is 13.7. The lowest BCUT2D eigenvalue weighted by molar-refractivity contribution is -0.111. The van der Waals surface area contributed by atoms with Gasteiger partial charge >= 0.3 is 0 Å².